The van der Waals surface area contributed by atoms with Gasteiger partial charge >= 0.3 is 5.97 Å². The molecule has 0 bridgehead atoms. The zero-order valence-electron chi connectivity index (χ0n) is 20.0. The Morgan fingerprint density at radius 3 is 2.09 bits per heavy atom. The van der Waals surface area contributed by atoms with Crippen molar-refractivity contribution in [1.82, 2.24) is 5.32 Å². The number of rotatable bonds is 19. The predicted octanol–water partition coefficient (Wildman–Crippen LogP) is 6.60. The van der Waals surface area contributed by atoms with Crippen LogP contribution >= 0.6 is 0 Å². The van der Waals surface area contributed by atoms with Crippen molar-refractivity contribution >= 4 is 17.6 Å². The minimum atomic E-state index is -1.18. The maximum atomic E-state index is 12.1. The Morgan fingerprint density at radius 2 is 1.52 bits per heavy atom. The van der Waals surface area contributed by atoms with E-state index in [0.717, 1.165) is 31.7 Å². The normalized spacial score (nSPS) is 11.1. The summed E-state index contributed by atoms with van der Waals surface area (Å²) >= 11 is 0. The zero-order chi connectivity index (χ0) is 24.3. The number of amides is 1. The molecule has 7 heteroatoms. The van der Waals surface area contributed by atoms with Crippen molar-refractivity contribution in [2.45, 2.75) is 96.8 Å². The van der Waals surface area contributed by atoms with Crippen molar-refractivity contribution in [2.75, 3.05) is 6.54 Å². The molecule has 0 saturated carbocycles. The number of carboxylic acid groups (broad SMARTS) is 1. The first-order valence-corrected chi connectivity index (χ1v) is 12.4. The average Bonchev–Trinajstić information content (AvgIpc) is 2.78. The maximum Gasteiger partial charge on any atom is 0.335 e. The lowest BCUT2D eigenvalue weighted by Crippen LogP contribution is -2.26. The van der Waals surface area contributed by atoms with E-state index in [1.165, 1.54) is 69.9 Å². The van der Waals surface area contributed by atoms with Crippen LogP contribution in [0.2, 0.25) is 0 Å². The van der Waals surface area contributed by atoms with E-state index < -0.39 is 10.9 Å². The van der Waals surface area contributed by atoms with Gasteiger partial charge in [-0.05, 0) is 44.2 Å². The third-order valence-electron chi connectivity index (χ3n) is 5.63. The van der Waals surface area contributed by atoms with Crippen molar-refractivity contribution < 1.29 is 19.6 Å². The number of nitrogens with one attached hydrogen (secondary N) is 1. The van der Waals surface area contributed by atoms with E-state index in [-0.39, 0.29) is 29.1 Å². The van der Waals surface area contributed by atoms with Crippen LogP contribution in [0, 0.1) is 10.1 Å². The number of allylic oxidation sites excluding steroid dienone is 2. The Balaban J connectivity index is 2.10. The maximum absolute atomic E-state index is 12.1. The number of hydrogen-bond donors (Lipinski definition) is 2. The number of carbonyl (C=O) groups is 2. The molecule has 184 valence electrons. The van der Waals surface area contributed by atoms with Gasteiger partial charge in [-0.25, -0.2) is 4.79 Å². The summed E-state index contributed by atoms with van der Waals surface area (Å²) in [4.78, 5) is 33.7. The van der Waals surface area contributed by atoms with Crippen molar-refractivity contribution in [3.05, 3.63) is 51.6 Å². The molecule has 0 aromatic heterocycles. The van der Waals surface area contributed by atoms with Crippen molar-refractivity contribution in [3.63, 3.8) is 0 Å². The topological polar surface area (TPSA) is 110 Å². The molecule has 1 amide bonds. The number of carbonyl (C=O) groups excluding carboxylic acids is 1. The molecule has 0 atom stereocenters. The molecule has 0 saturated heterocycles. The standard InChI is InChI=1S/C26H40N2O5/c1-2-3-4-5-6-7-8-9-10-11-12-13-14-15-16-19-27-25(29)21-23-20-22(26(30)31)17-18-24(23)28(32)33/h9-10,17-18,20H,2-8,11-16,19,21H2,1H3,(H,27,29)(H,30,31)/b10-9-. The molecule has 0 heterocycles. The van der Waals surface area contributed by atoms with Crippen LogP contribution in [-0.4, -0.2) is 28.5 Å². The van der Waals surface area contributed by atoms with Crippen molar-refractivity contribution in [3.8, 4) is 0 Å². The van der Waals surface area contributed by atoms with Crippen molar-refractivity contribution in [1.29, 1.82) is 0 Å². The second kappa shape index (κ2) is 17.8. The summed E-state index contributed by atoms with van der Waals surface area (Å²) in [5, 5.41) is 23.0. The van der Waals surface area contributed by atoms with Gasteiger partial charge in [-0.3, -0.25) is 14.9 Å². The lowest BCUT2D eigenvalue weighted by molar-refractivity contribution is -0.385. The van der Waals surface area contributed by atoms with Gasteiger partial charge in [-0.15, -0.1) is 0 Å². The molecule has 1 aromatic rings. The van der Waals surface area contributed by atoms with Gasteiger partial charge in [-0.2, -0.15) is 0 Å². The first-order chi connectivity index (χ1) is 16.0. The van der Waals surface area contributed by atoms with Gasteiger partial charge in [0.2, 0.25) is 5.91 Å². The highest BCUT2D eigenvalue weighted by atomic mass is 16.6. The lowest BCUT2D eigenvalue weighted by Gasteiger charge is -2.07. The fraction of sp³-hybridized carbons (Fsp3) is 0.615. The zero-order valence-corrected chi connectivity index (χ0v) is 20.0. The van der Waals surface area contributed by atoms with Crippen LogP contribution in [0.25, 0.3) is 0 Å². The molecular weight excluding hydrogens is 420 g/mol. The largest absolute Gasteiger partial charge is 0.478 e. The Kier molecular flexibility index (Phi) is 15.3. The summed E-state index contributed by atoms with van der Waals surface area (Å²) in [6, 6.07) is 3.51. The second-order valence-electron chi connectivity index (χ2n) is 8.52. The number of nitrogens with zero attached hydrogens (tertiary/aromatic N) is 1. The van der Waals surface area contributed by atoms with Crippen LogP contribution < -0.4 is 5.32 Å². The first-order valence-electron chi connectivity index (χ1n) is 12.4. The average molecular weight is 461 g/mol. The summed E-state index contributed by atoms with van der Waals surface area (Å²) in [5.74, 6) is -1.52. The molecule has 1 rings (SSSR count). The SMILES string of the molecule is CCCCCCCC/C=C\CCCCCCCNC(=O)Cc1cc(C(=O)O)ccc1[N+](=O)[O-]. The van der Waals surface area contributed by atoms with E-state index in [1.807, 2.05) is 0 Å². The fourth-order valence-electron chi connectivity index (χ4n) is 3.70. The summed E-state index contributed by atoms with van der Waals surface area (Å²) in [7, 11) is 0. The van der Waals surface area contributed by atoms with E-state index >= 15 is 0 Å². The second-order valence-corrected chi connectivity index (χ2v) is 8.52. The highest BCUT2D eigenvalue weighted by molar-refractivity contribution is 5.89. The Labute approximate surface area is 197 Å². The number of hydrogen-bond acceptors (Lipinski definition) is 4. The molecular formula is C26H40N2O5. The molecule has 0 aliphatic carbocycles. The smallest absolute Gasteiger partial charge is 0.335 e. The van der Waals surface area contributed by atoms with Crippen molar-refractivity contribution in [2.24, 2.45) is 0 Å². The van der Waals surface area contributed by atoms with Crippen LogP contribution in [0.4, 0.5) is 5.69 Å². The number of benzene rings is 1. The van der Waals surface area contributed by atoms with Crippen LogP contribution in [0.15, 0.2) is 30.4 Å². The van der Waals surface area contributed by atoms with E-state index in [2.05, 4.69) is 24.4 Å². The number of nitro groups is 1. The van der Waals surface area contributed by atoms with E-state index in [1.54, 1.807) is 0 Å². The Morgan fingerprint density at radius 1 is 0.939 bits per heavy atom. The third-order valence-corrected chi connectivity index (χ3v) is 5.63. The van der Waals surface area contributed by atoms with Gasteiger partial charge < -0.3 is 10.4 Å². The van der Waals surface area contributed by atoms with E-state index in [4.69, 9.17) is 5.11 Å². The first kappa shape index (κ1) is 28.3. The Bertz CT molecular complexity index is 761. The Hall–Kier alpha value is -2.70. The number of carboxylic acids is 1. The highest BCUT2D eigenvalue weighted by Crippen LogP contribution is 2.21. The number of unbranched alkanes of at least 4 members (excludes halogenated alkanes) is 11. The lowest BCUT2D eigenvalue weighted by atomic mass is 10.1. The van der Waals surface area contributed by atoms with Crippen LogP contribution in [-0.2, 0) is 11.2 Å². The third kappa shape index (κ3) is 13.4. The quantitative estimate of drug-likeness (QED) is 0.105. The van der Waals surface area contributed by atoms with Gasteiger partial charge in [0.15, 0.2) is 0 Å². The van der Waals surface area contributed by atoms with Crippen LogP contribution in [0.1, 0.15) is 106 Å². The van der Waals surface area contributed by atoms with Crippen LogP contribution in [0.5, 0.6) is 0 Å². The van der Waals surface area contributed by atoms with Gasteiger partial charge in [0.1, 0.15) is 0 Å². The number of nitro benzene ring substituents is 1. The molecule has 7 nitrogen and oxygen atoms in total. The fourth-order valence-corrected chi connectivity index (χ4v) is 3.70. The van der Waals surface area contributed by atoms with E-state index in [9.17, 15) is 19.7 Å². The molecule has 33 heavy (non-hydrogen) atoms. The molecule has 0 spiro atoms. The van der Waals surface area contributed by atoms with Gasteiger partial charge in [0, 0.05) is 18.2 Å². The van der Waals surface area contributed by atoms with Crippen LogP contribution in [0.3, 0.4) is 0 Å². The monoisotopic (exact) mass is 460 g/mol. The summed E-state index contributed by atoms with van der Waals surface area (Å²) in [5.41, 5.74) is -0.196. The minimum Gasteiger partial charge on any atom is -0.478 e. The molecule has 0 radical (unpaired) electrons. The van der Waals surface area contributed by atoms with Gasteiger partial charge in [-0.1, -0.05) is 70.4 Å². The molecule has 0 unspecified atom stereocenters. The highest BCUT2D eigenvalue weighted by Gasteiger charge is 2.18. The minimum absolute atomic E-state index is 0.0688. The predicted molar refractivity (Wildman–Crippen MR) is 132 cm³/mol. The molecule has 0 aliphatic heterocycles. The summed E-state index contributed by atoms with van der Waals surface area (Å²) < 4.78 is 0. The molecule has 1 aromatic carbocycles. The molecule has 0 aliphatic rings. The number of aromatic carboxylic acids is 1. The van der Waals surface area contributed by atoms with E-state index in [0.29, 0.717) is 6.54 Å². The molecule has 2 N–H and O–H groups in total. The van der Waals surface area contributed by atoms with Gasteiger partial charge in [0.05, 0.1) is 16.9 Å². The summed E-state index contributed by atoms with van der Waals surface area (Å²) in [6.07, 6.45) is 20.1. The van der Waals surface area contributed by atoms with Gasteiger partial charge in [0.25, 0.3) is 5.69 Å². The molecule has 0 fully saturated rings. The summed E-state index contributed by atoms with van der Waals surface area (Å²) in [6.45, 7) is 2.76.